The van der Waals surface area contributed by atoms with Gasteiger partial charge < -0.3 is 24.2 Å². The lowest BCUT2D eigenvalue weighted by molar-refractivity contribution is -0.125. The van der Waals surface area contributed by atoms with Crippen LogP contribution in [0.2, 0.25) is 0 Å². The number of hydrogen-bond donors (Lipinski definition) is 1. The number of rotatable bonds is 6. The number of amides is 2. The van der Waals surface area contributed by atoms with Gasteiger partial charge in [0.05, 0.1) is 17.6 Å². The molecule has 1 saturated heterocycles. The summed E-state index contributed by atoms with van der Waals surface area (Å²) >= 11 is 0. The molecule has 33 heavy (non-hydrogen) atoms. The van der Waals surface area contributed by atoms with Crippen molar-refractivity contribution >= 4 is 28.9 Å². The largest absolute Gasteiger partial charge is 0.452 e. The average molecular weight is 451 g/mol. The Balaban J connectivity index is 1.31. The van der Waals surface area contributed by atoms with E-state index in [0.717, 1.165) is 5.56 Å². The highest BCUT2D eigenvalue weighted by Gasteiger charge is 2.25. The minimum absolute atomic E-state index is 0.0799. The van der Waals surface area contributed by atoms with Crippen LogP contribution in [0.5, 0.6) is 0 Å². The number of likely N-dealkylation sites (tertiary alicyclic amines) is 1. The maximum atomic E-state index is 12.5. The molecule has 9 heteroatoms. The first-order valence-electron chi connectivity index (χ1n) is 10.9. The van der Waals surface area contributed by atoms with Gasteiger partial charge in [-0.25, -0.2) is 9.59 Å². The van der Waals surface area contributed by atoms with Crippen molar-refractivity contribution in [2.24, 2.45) is 0 Å². The van der Waals surface area contributed by atoms with Crippen LogP contribution >= 0.6 is 0 Å². The fourth-order valence-electron chi connectivity index (χ4n) is 3.77. The van der Waals surface area contributed by atoms with Crippen molar-refractivity contribution < 1.29 is 28.4 Å². The number of ether oxygens (including phenoxy) is 2. The van der Waals surface area contributed by atoms with Gasteiger partial charge in [0.1, 0.15) is 5.52 Å². The monoisotopic (exact) mass is 451 g/mol. The molecule has 0 bridgehead atoms. The van der Waals surface area contributed by atoms with Gasteiger partial charge in [0, 0.05) is 24.7 Å². The highest BCUT2D eigenvalue weighted by atomic mass is 16.6. The standard InChI is InChI=1S/C24H25N3O6/c1-2-31-24(30)27-12-10-18(11-13-27)25-21(28)15-32-23(29)17-8-9-20-19(14-17)22(33-26-20)16-6-4-3-5-7-16/h3-9,14,18H,2,10-13,15H2,1H3,(H,25,28). The minimum Gasteiger partial charge on any atom is -0.452 e. The third kappa shape index (κ3) is 5.31. The molecule has 1 aromatic heterocycles. The molecule has 1 aliphatic rings. The number of nitrogens with zero attached hydrogens (tertiary/aromatic N) is 2. The summed E-state index contributed by atoms with van der Waals surface area (Å²) in [5, 5.41) is 7.58. The zero-order chi connectivity index (χ0) is 23.2. The average Bonchev–Trinajstić information content (AvgIpc) is 3.27. The normalized spacial score (nSPS) is 14.2. The predicted molar refractivity (Wildman–Crippen MR) is 119 cm³/mol. The first kappa shape index (κ1) is 22.3. The lowest BCUT2D eigenvalue weighted by Crippen LogP contribution is -2.47. The molecule has 1 fully saturated rings. The van der Waals surface area contributed by atoms with Crippen LogP contribution in [0.4, 0.5) is 4.79 Å². The predicted octanol–water partition coefficient (Wildman–Crippen LogP) is 3.39. The third-order valence-electron chi connectivity index (χ3n) is 5.47. The Labute approximate surface area is 190 Å². The third-order valence-corrected chi connectivity index (χ3v) is 5.47. The summed E-state index contributed by atoms with van der Waals surface area (Å²) < 4.78 is 15.7. The molecule has 3 aromatic rings. The van der Waals surface area contributed by atoms with Gasteiger partial charge in [0.25, 0.3) is 5.91 Å². The van der Waals surface area contributed by atoms with Crippen LogP contribution in [-0.4, -0.2) is 60.4 Å². The number of benzene rings is 2. The Kier molecular flexibility index (Phi) is 6.87. The second kappa shape index (κ2) is 10.2. The smallest absolute Gasteiger partial charge is 0.409 e. The number of hydrogen-bond acceptors (Lipinski definition) is 7. The van der Waals surface area contributed by atoms with Gasteiger partial charge in [0.2, 0.25) is 0 Å². The van der Waals surface area contributed by atoms with Gasteiger partial charge >= 0.3 is 12.1 Å². The zero-order valence-electron chi connectivity index (χ0n) is 18.3. The minimum atomic E-state index is -0.607. The van der Waals surface area contributed by atoms with Crippen molar-refractivity contribution in [2.75, 3.05) is 26.3 Å². The van der Waals surface area contributed by atoms with E-state index in [2.05, 4.69) is 10.5 Å². The van der Waals surface area contributed by atoms with Gasteiger partial charge in [-0.05, 0) is 38.0 Å². The van der Waals surface area contributed by atoms with E-state index in [0.29, 0.717) is 54.8 Å². The maximum Gasteiger partial charge on any atom is 0.409 e. The highest BCUT2D eigenvalue weighted by Crippen LogP contribution is 2.29. The van der Waals surface area contributed by atoms with Crippen molar-refractivity contribution in [3.8, 4) is 11.3 Å². The van der Waals surface area contributed by atoms with Crippen molar-refractivity contribution in [3.63, 3.8) is 0 Å². The summed E-state index contributed by atoms with van der Waals surface area (Å²) in [5.41, 5.74) is 1.77. The SMILES string of the molecule is CCOC(=O)N1CCC(NC(=O)COC(=O)c2ccc3noc(-c4ccccc4)c3c2)CC1. The van der Waals surface area contributed by atoms with Gasteiger partial charge in [-0.15, -0.1) is 0 Å². The Bertz CT molecular complexity index is 1140. The molecule has 0 aliphatic carbocycles. The van der Waals surface area contributed by atoms with E-state index in [-0.39, 0.29) is 24.6 Å². The molecular formula is C24H25N3O6. The number of piperidine rings is 1. The van der Waals surface area contributed by atoms with Crippen LogP contribution in [-0.2, 0) is 14.3 Å². The van der Waals surface area contributed by atoms with Crippen molar-refractivity contribution in [1.82, 2.24) is 15.4 Å². The lowest BCUT2D eigenvalue weighted by atomic mass is 10.1. The molecule has 2 aromatic carbocycles. The first-order valence-corrected chi connectivity index (χ1v) is 10.9. The summed E-state index contributed by atoms with van der Waals surface area (Å²) in [4.78, 5) is 38.2. The number of esters is 1. The van der Waals surface area contributed by atoms with Crippen LogP contribution in [0.25, 0.3) is 22.2 Å². The summed E-state index contributed by atoms with van der Waals surface area (Å²) in [7, 11) is 0. The van der Waals surface area contributed by atoms with E-state index >= 15 is 0 Å². The number of carbonyl (C=O) groups is 3. The van der Waals surface area contributed by atoms with Crippen LogP contribution in [0, 0.1) is 0 Å². The topological polar surface area (TPSA) is 111 Å². The summed E-state index contributed by atoms with van der Waals surface area (Å²) in [5.74, 6) is -0.425. The molecule has 0 atom stereocenters. The molecular weight excluding hydrogens is 426 g/mol. The Morgan fingerprint density at radius 2 is 1.85 bits per heavy atom. The van der Waals surface area contributed by atoms with Gasteiger partial charge in [-0.1, -0.05) is 35.5 Å². The van der Waals surface area contributed by atoms with Crippen molar-refractivity contribution in [3.05, 3.63) is 54.1 Å². The summed E-state index contributed by atoms with van der Waals surface area (Å²) in [6, 6.07) is 14.3. The molecule has 172 valence electrons. The van der Waals surface area contributed by atoms with E-state index in [1.807, 2.05) is 30.3 Å². The quantitative estimate of drug-likeness (QED) is 0.572. The lowest BCUT2D eigenvalue weighted by Gasteiger charge is -2.31. The molecule has 0 unspecified atom stereocenters. The second-order valence-electron chi connectivity index (χ2n) is 7.71. The highest BCUT2D eigenvalue weighted by molar-refractivity contribution is 5.99. The molecule has 2 heterocycles. The number of aromatic nitrogens is 1. The van der Waals surface area contributed by atoms with E-state index in [4.69, 9.17) is 14.0 Å². The van der Waals surface area contributed by atoms with Crippen molar-refractivity contribution in [1.29, 1.82) is 0 Å². The van der Waals surface area contributed by atoms with E-state index in [1.165, 1.54) is 0 Å². The first-order chi connectivity index (χ1) is 16.0. The van der Waals surface area contributed by atoms with E-state index in [9.17, 15) is 14.4 Å². The molecule has 4 rings (SSSR count). The van der Waals surface area contributed by atoms with Crippen LogP contribution in [0.15, 0.2) is 53.1 Å². The number of nitrogens with one attached hydrogen (secondary N) is 1. The van der Waals surface area contributed by atoms with Gasteiger partial charge in [-0.3, -0.25) is 4.79 Å². The van der Waals surface area contributed by atoms with Gasteiger partial charge in [-0.2, -0.15) is 0 Å². The Hall–Kier alpha value is -3.88. The zero-order valence-corrected chi connectivity index (χ0v) is 18.3. The summed E-state index contributed by atoms with van der Waals surface area (Å²) in [6.45, 7) is 2.72. The number of carbonyl (C=O) groups excluding carboxylic acids is 3. The Morgan fingerprint density at radius 3 is 2.58 bits per heavy atom. The van der Waals surface area contributed by atoms with Crippen LogP contribution < -0.4 is 5.32 Å². The molecule has 2 amide bonds. The molecule has 0 radical (unpaired) electrons. The molecule has 1 aliphatic heterocycles. The van der Waals surface area contributed by atoms with Gasteiger partial charge in [0.15, 0.2) is 12.4 Å². The molecule has 9 nitrogen and oxygen atoms in total. The molecule has 0 spiro atoms. The number of fused-ring (bicyclic) bond motifs is 1. The molecule has 1 N–H and O–H groups in total. The van der Waals surface area contributed by atoms with Crippen LogP contribution in [0.1, 0.15) is 30.1 Å². The maximum absolute atomic E-state index is 12.5. The summed E-state index contributed by atoms with van der Waals surface area (Å²) in [6.07, 6.45) is 0.895. The second-order valence-corrected chi connectivity index (χ2v) is 7.71. The van der Waals surface area contributed by atoms with Crippen LogP contribution in [0.3, 0.4) is 0 Å². The fourth-order valence-corrected chi connectivity index (χ4v) is 3.77. The van der Waals surface area contributed by atoms with E-state index in [1.54, 1.807) is 30.0 Å². The fraction of sp³-hybridized carbons (Fsp3) is 0.333. The van der Waals surface area contributed by atoms with E-state index < -0.39 is 5.97 Å². The molecule has 0 saturated carbocycles. The van der Waals surface area contributed by atoms with Crippen molar-refractivity contribution in [2.45, 2.75) is 25.8 Å². The Morgan fingerprint density at radius 1 is 1.09 bits per heavy atom.